The number of hydrogen-bond donors (Lipinski definition) is 0. The highest BCUT2D eigenvalue weighted by Crippen LogP contribution is 2.33. The Labute approximate surface area is 89.2 Å². The first kappa shape index (κ1) is 8.72. The summed E-state index contributed by atoms with van der Waals surface area (Å²) in [6.45, 7) is 1.99. The van der Waals surface area contributed by atoms with E-state index in [1.54, 1.807) is 0 Å². The Kier molecular flexibility index (Phi) is 1.88. The number of Topliss-reactive ketones (excluding diaryl/α,β-unsaturated/α-hetero) is 1. The lowest BCUT2D eigenvalue weighted by Gasteiger charge is -2.16. The second kappa shape index (κ2) is 3.23. The van der Waals surface area contributed by atoms with Crippen molar-refractivity contribution < 1.29 is 4.79 Å². The van der Waals surface area contributed by atoms with E-state index in [0.717, 1.165) is 30.8 Å². The molecule has 1 unspecified atom stereocenters. The molecule has 1 atom stereocenters. The summed E-state index contributed by atoms with van der Waals surface area (Å²) in [4.78, 5) is 14.1. The third kappa shape index (κ3) is 1.37. The van der Waals surface area contributed by atoms with Crippen LogP contribution in [0, 0.1) is 5.92 Å². The molecular weight excluding hydrogens is 186 g/mol. The molecule has 0 N–H and O–H groups in total. The summed E-state index contributed by atoms with van der Waals surface area (Å²) in [6, 6.07) is 10.1. The minimum atomic E-state index is 0.278. The molecule has 2 bridgehead atoms. The Morgan fingerprint density at radius 2 is 2.07 bits per heavy atom. The van der Waals surface area contributed by atoms with Gasteiger partial charge in [0.1, 0.15) is 0 Å². The highest BCUT2D eigenvalue weighted by Gasteiger charge is 2.40. The number of carbonyl (C=O) groups excluding carboxylic acids is 1. The van der Waals surface area contributed by atoms with Crippen molar-refractivity contribution in [3.8, 4) is 0 Å². The fraction of sp³-hybridized carbons (Fsp3) is 0.308. The van der Waals surface area contributed by atoms with Crippen LogP contribution in [0.1, 0.15) is 12.0 Å². The van der Waals surface area contributed by atoms with Crippen molar-refractivity contribution in [2.75, 3.05) is 13.1 Å². The maximum absolute atomic E-state index is 11.9. The van der Waals surface area contributed by atoms with E-state index in [2.05, 4.69) is 4.90 Å². The van der Waals surface area contributed by atoms with E-state index >= 15 is 0 Å². The third-order valence-corrected chi connectivity index (χ3v) is 3.26. The highest BCUT2D eigenvalue weighted by atomic mass is 16.1. The Morgan fingerprint density at radius 1 is 1.27 bits per heavy atom. The molecule has 0 spiro atoms. The molecule has 2 aliphatic heterocycles. The number of allylic oxidation sites excluding steroid dienone is 1. The monoisotopic (exact) mass is 199 g/mol. The third-order valence-electron chi connectivity index (χ3n) is 3.26. The second-order valence-electron chi connectivity index (χ2n) is 4.24. The van der Waals surface area contributed by atoms with Crippen molar-refractivity contribution in [2.24, 2.45) is 5.92 Å². The van der Waals surface area contributed by atoms with Gasteiger partial charge in [0.05, 0.1) is 5.70 Å². The van der Waals surface area contributed by atoms with Crippen molar-refractivity contribution in [1.82, 2.24) is 4.90 Å². The number of fused-ring (bicyclic) bond motifs is 2. The number of ketones is 1. The molecule has 1 aromatic rings. The minimum Gasteiger partial charge on any atom is -0.368 e. The lowest BCUT2D eigenvalue weighted by Crippen LogP contribution is -2.20. The minimum absolute atomic E-state index is 0.278. The van der Waals surface area contributed by atoms with Gasteiger partial charge in [-0.1, -0.05) is 30.3 Å². The van der Waals surface area contributed by atoms with Crippen LogP contribution in [0.3, 0.4) is 0 Å². The van der Waals surface area contributed by atoms with Gasteiger partial charge in [0.25, 0.3) is 0 Å². The van der Waals surface area contributed by atoms with Gasteiger partial charge < -0.3 is 4.90 Å². The number of nitrogens with zero attached hydrogens (tertiary/aromatic N) is 1. The normalized spacial score (nSPS) is 26.7. The van der Waals surface area contributed by atoms with Crippen LogP contribution in [0.25, 0.3) is 6.08 Å². The van der Waals surface area contributed by atoms with Crippen LogP contribution in [0.15, 0.2) is 36.0 Å². The number of benzene rings is 1. The van der Waals surface area contributed by atoms with Crippen LogP contribution in [0.5, 0.6) is 0 Å². The summed E-state index contributed by atoms with van der Waals surface area (Å²) < 4.78 is 0. The average molecular weight is 199 g/mol. The molecule has 2 aliphatic rings. The smallest absolute Gasteiger partial charge is 0.183 e. The van der Waals surface area contributed by atoms with Crippen LogP contribution in [0.2, 0.25) is 0 Å². The van der Waals surface area contributed by atoms with Crippen molar-refractivity contribution >= 4 is 11.9 Å². The molecule has 76 valence electrons. The molecule has 15 heavy (non-hydrogen) atoms. The summed E-state index contributed by atoms with van der Waals surface area (Å²) in [5.41, 5.74) is 2.03. The number of piperidine rings is 1. The molecule has 0 saturated carbocycles. The molecule has 0 aromatic heterocycles. The predicted molar refractivity (Wildman–Crippen MR) is 59.1 cm³/mol. The molecule has 2 nitrogen and oxygen atoms in total. The van der Waals surface area contributed by atoms with Gasteiger partial charge in [-0.2, -0.15) is 0 Å². The summed E-state index contributed by atoms with van der Waals surface area (Å²) in [5.74, 6) is 0.616. The Hall–Kier alpha value is -1.57. The maximum atomic E-state index is 11.9. The number of rotatable bonds is 1. The van der Waals surface area contributed by atoms with Gasteiger partial charge in [-0.15, -0.1) is 0 Å². The van der Waals surface area contributed by atoms with Crippen LogP contribution in [0.4, 0.5) is 0 Å². The van der Waals surface area contributed by atoms with Gasteiger partial charge >= 0.3 is 0 Å². The Morgan fingerprint density at radius 3 is 2.73 bits per heavy atom. The van der Waals surface area contributed by atoms with Gasteiger partial charge in [0.15, 0.2) is 5.78 Å². The molecule has 0 aliphatic carbocycles. The lowest BCUT2D eigenvalue weighted by atomic mass is 10.0. The quantitative estimate of drug-likeness (QED) is 0.644. The van der Waals surface area contributed by atoms with E-state index in [9.17, 15) is 4.79 Å². The highest BCUT2D eigenvalue weighted by molar-refractivity contribution is 6.03. The van der Waals surface area contributed by atoms with Gasteiger partial charge in [-0.25, -0.2) is 0 Å². The van der Waals surface area contributed by atoms with Gasteiger partial charge in [-0.3, -0.25) is 4.79 Å². The van der Waals surface area contributed by atoms with Crippen molar-refractivity contribution in [3.63, 3.8) is 0 Å². The molecule has 3 rings (SSSR count). The first-order chi connectivity index (χ1) is 7.34. The lowest BCUT2D eigenvalue weighted by molar-refractivity contribution is -0.118. The van der Waals surface area contributed by atoms with Crippen molar-refractivity contribution in [2.45, 2.75) is 6.42 Å². The zero-order valence-electron chi connectivity index (χ0n) is 8.52. The molecule has 2 heterocycles. The van der Waals surface area contributed by atoms with E-state index in [-0.39, 0.29) is 5.92 Å². The van der Waals surface area contributed by atoms with Crippen LogP contribution >= 0.6 is 0 Å². The first-order valence-corrected chi connectivity index (χ1v) is 5.40. The summed E-state index contributed by atoms with van der Waals surface area (Å²) in [7, 11) is 0. The molecule has 2 fully saturated rings. The second-order valence-corrected chi connectivity index (χ2v) is 4.24. The van der Waals surface area contributed by atoms with E-state index in [0.29, 0.717) is 5.78 Å². The van der Waals surface area contributed by atoms with Gasteiger partial charge in [0, 0.05) is 19.0 Å². The zero-order chi connectivity index (χ0) is 10.3. The standard InChI is InChI=1S/C13H13NO/c15-13-11-6-7-14(9-11)12(13)8-10-4-2-1-3-5-10/h1-5,8,11H,6-7,9H2. The van der Waals surface area contributed by atoms with E-state index in [1.807, 2.05) is 36.4 Å². The van der Waals surface area contributed by atoms with Crippen LogP contribution < -0.4 is 0 Å². The summed E-state index contributed by atoms with van der Waals surface area (Å²) in [5, 5.41) is 0. The van der Waals surface area contributed by atoms with Crippen LogP contribution in [-0.2, 0) is 4.79 Å². The van der Waals surface area contributed by atoms with Crippen LogP contribution in [-0.4, -0.2) is 23.8 Å². The molecule has 0 radical (unpaired) electrons. The van der Waals surface area contributed by atoms with Crippen molar-refractivity contribution in [1.29, 1.82) is 0 Å². The first-order valence-electron chi connectivity index (χ1n) is 5.40. The molecule has 2 heteroatoms. The largest absolute Gasteiger partial charge is 0.368 e. The zero-order valence-corrected chi connectivity index (χ0v) is 8.52. The Bertz CT molecular complexity index is 421. The Balaban J connectivity index is 1.95. The maximum Gasteiger partial charge on any atom is 0.183 e. The summed E-state index contributed by atoms with van der Waals surface area (Å²) >= 11 is 0. The molecule has 2 saturated heterocycles. The fourth-order valence-electron chi connectivity index (χ4n) is 2.43. The van der Waals surface area contributed by atoms with E-state index in [1.165, 1.54) is 0 Å². The molecule has 0 amide bonds. The number of hydrogen-bond acceptors (Lipinski definition) is 2. The topological polar surface area (TPSA) is 20.3 Å². The van der Waals surface area contributed by atoms with Crippen molar-refractivity contribution in [3.05, 3.63) is 41.6 Å². The number of carbonyl (C=O) groups is 1. The van der Waals surface area contributed by atoms with Gasteiger partial charge in [0.2, 0.25) is 0 Å². The summed E-state index contributed by atoms with van der Waals surface area (Å²) in [6.07, 6.45) is 3.06. The van der Waals surface area contributed by atoms with E-state index < -0.39 is 0 Å². The van der Waals surface area contributed by atoms with E-state index in [4.69, 9.17) is 0 Å². The van der Waals surface area contributed by atoms with Gasteiger partial charge in [-0.05, 0) is 18.1 Å². The average Bonchev–Trinajstić information content (AvgIpc) is 2.84. The molecular formula is C13H13NO. The predicted octanol–water partition coefficient (Wildman–Crippen LogP) is 1.93. The fourth-order valence-corrected chi connectivity index (χ4v) is 2.43. The SMILES string of the molecule is O=C1C(=Cc2ccccc2)N2CCC1C2. The molecule has 1 aromatic carbocycles.